The second-order valence-corrected chi connectivity index (χ2v) is 4.60. The van der Waals surface area contributed by atoms with Gasteiger partial charge in [0.05, 0.1) is 19.9 Å². The molecule has 2 aromatic rings. The van der Waals surface area contributed by atoms with Crippen LogP contribution in [0.4, 0.5) is 5.69 Å². The van der Waals surface area contributed by atoms with Gasteiger partial charge in [0.15, 0.2) is 0 Å². The van der Waals surface area contributed by atoms with Crippen molar-refractivity contribution in [2.75, 3.05) is 19.5 Å². The number of amides is 1. The fraction of sp³-hybridized carbons (Fsp3) is 0.235. The third-order valence-corrected chi connectivity index (χ3v) is 3.17. The summed E-state index contributed by atoms with van der Waals surface area (Å²) >= 11 is 0. The second kappa shape index (κ2) is 7.33. The average Bonchev–Trinajstić information content (AvgIpc) is 2.54. The normalized spacial score (nSPS) is 10.0. The molecule has 0 radical (unpaired) electrons. The Bertz CT molecular complexity index is 596. The van der Waals surface area contributed by atoms with Crippen LogP contribution in [0.2, 0.25) is 0 Å². The lowest BCUT2D eigenvalue weighted by atomic mass is 10.1. The van der Waals surface area contributed by atoms with Crippen molar-refractivity contribution >= 4 is 11.6 Å². The molecule has 21 heavy (non-hydrogen) atoms. The van der Waals surface area contributed by atoms with Gasteiger partial charge in [-0.05, 0) is 24.1 Å². The summed E-state index contributed by atoms with van der Waals surface area (Å²) in [6.45, 7) is 0. The Kier molecular flexibility index (Phi) is 5.21. The predicted octanol–water partition coefficient (Wildman–Crippen LogP) is 3.28. The van der Waals surface area contributed by atoms with E-state index >= 15 is 0 Å². The molecule has 0 spiro atoms. The summed E-state index contributed by atoms with van der Waals surface area (Å²) < 4.78 is 10.4. The standard InChI is InChI=1S/C17H19NO3/c1-20-14-9-10-15(16(12-14)21-2)18-17(19)11-8-13-6-4-3-5-7-13/h3-7,9-10,12H,8,11H2,1-2H3,(H,18,19). The monoisotopic (exact) mass is 285 g/mol. The van der Waals surface area contributed by atoms with Gasteiger partial charge < -0.3 is 14.8 Å². The van der Waals surface area contributed by atoms with Gasteiger partial charge in [-0.15, -0.1) is 0 Å². The lowest BCUT2D eigenvalue weighted by molar-refractivity contribution is -0.116. The maximum atomic E-state index is 12.0. The number of methoxy groups -OCH3 is 2. The number of benzene rings is 2. The van der Waals surface area contributed by atoms with Crippen LogP contribution in [-0.2, 0) is 11.2 Å². The van der Waals surface area contributed by atoms with Gasteiger partial charge in [0.25, 0.3) is 0 Å². The predicted molar refractivity (Wildman–Crippen MR) is 82.9 cm³/mol. The largest absolute Gasteiger partial charge is 0.497 e. The fourth-order valence-corrected chi connectivity index (χ4v) is 2.02. The molecule has 0 atom stereocenters. The SMILES string of the molecule is COc1ccc(NC(=O)CCc2ccccc2)c(OC)c1. The van der Waals surface area contributed by atoms with Gasteiger partial charge in [0, 0.05) is 12.5 Å². The molecule has 0 aliphatic carbocycles. The zero-order valence-corrected chi connectivity index (χ0v) is 12.3. The first-order chi connectivity index (χ1) is 10.2. The van der Waals surface area contributed by atoms with Crippen LogP contribution in [0.25, 0.3) is 0 Å². The molecule has 0 bridgehead atoms. The minimum absolute atomic E-state index is 0.0395. The first-order valence-corrected chi connectivity index (χ1v) is 6.78. The van der Waals surface area contributed by atoms with Crippen LogP contribution in [0.1, 0.15) is 12.0 Å². The molecule has 110 valence electrons. The Balaban J connectivity index is 1.96. The van der Waals surface area contributed by atoms with E-state index < -0.39 is 0 Å². The molecule has 0 saturated heterocycles. The minimum atomic E-state index is -0.0395. The highest BCUT2D eigenvalue weighted by Crippen LogP contribution is 2.29. The van der Waals surface area contributed by atoms with Crippen molar-refractivity contribution < 1.29 is 14.3 Å². The molecule has 0 saturated carbocycles. The van der Waals surface area contributed by atoms with Crippen LogP contribution < -0.4 is 14.8 Å². The molecule has 0 aliphatic rings. The highest BCUT2D eigenvalue weighted by Gasteiger charge is 2.09. The number of carbonyl (C=O) groups excluding carboxylic acids is 1. The van der Waals surface area contributed by atoms with E-state index in [-0.39, 0.29) is 5.91 Å². The van der Waals surface area contributed by atoms with Crippen molar-refractivity contribution in [2.24, 2.45) is 0 Å². The van der Waals surface area contributed by atoms with Crippen molar-refractivity contribution in [3.05, 3.63) is 54.1 Å². The first kappa shape index (κ1) is 14.9. The van der Waals surface area contributed by atoms with Crippen LogP contribution in [0.15, 0.2) is 48.5 Å². The third kappa shape index (κ3) is 4.24. The third-order valence-electron chi connectivity index (χ3n) is 3.17. The van der Waals surface area contributed by atoms with E-state index in [4.69, 9.17) is 9.47 Å². The molecule has 1 amide bonds. The lowest BCUT2D eigenvalue weighted by Crippen LogP contribution is -2.13. The molecule has 4 heteroatoms. The molecule has 0 aromatic heterocycles. The van der Waals surface area contributed by atoms with Crippen LogP contribution in [-0.4, -0.2) is 20.1 Å². The number of rotatable bonds is 6. The quantitative estimate of drug-likeness (QED) is 0.886. The number of ether oxygens (including phenoxy) is 2. The second-order valence-electron chi connectivity index (χ2n) is 4.60. The first-order valence-electron chi connectivity index (χ1n) is 6.78. The summed E-state index contributed by atoms with van der Waals surface area (Å²) in [7, 11) is 3.15. The maximum Gasteiger partial charge on any atom is 0.224 e. The number of aryl methyl sites for hydroxylation is 1. The summed E-state index contributed by atoms with van der Waals surface area (Å²) in [5, 5.41) is 2.86. The van der Waals surface area contributed by atoms with Crippen molar-refractivity contribution in [1.29, 1.82) is 0 Å². The van der Waals surface area contributed by atoms with Gasteiger partial charge in [-0.3, -0.25) is 4.79 Å². The van der Waals surface area contributed by atoms with E-state index in [1.165, 1.54) is 0 Å². The van der Waals surface area contributed by atoms with E-state index in [0.29, 0.717) is 30.0 Å². The number of hydrogen-bond acceptors (Lipinski definition) is 3. The van der Waals surface area contributed by atoms with Crippen molar-refractivity contribution in [1.82, 2.24) is 0 Å². The van der Waals surface area contributed by atoms with Gasteiger partial charge in [-0.25, -0.2) is 0 Å². The Morgan fingerprint density at radius 2 is 1.81 bits per heavy atom. The average molecular weight is 285 g/mol. The Morgan fingerprint density at radius 1 is 1.05 bits per heavy atom. The summed E-state index contributed by atoms with van der Waals surface area (Å²) in [6, 6.07) is 15.2. The zero-order chi connectivity index (χ0) is 15.1. The molecular formula is C17H19NO3. The smallest absolute Gasteiger partial charge is 0.224 e. The highest BCUT2D eigenvalue weighted by molar-refractivity contribution is 5.92. The van der Waals surface area contributed by atoms with Gasteiger partial charge in [-0.2, -0.15) is 0 Å². The molecular weight excluding hydrogens is 266 g/mol. The van der Waals surface area contributed by atoms with E-state index in [9.17, 15) is 4.79 Å². The molecule has 2 aromatic carbocycles. The summed E-state index contributed by atoms with van der Waals surface area (Å²) in [5.74, 6) is 1.24. The zero-order valence-electron chi connectivity index (χ0n) is 12.3. The van der Waals surface area contributed by atoms with E-state index in [1.54, 1.807) is 32.4 Å². The fourth-order valence-electron chi connectivity index (χ4n) is 2.02. The number of nitrogens with one attached hydrogen (secondary N) is 1. The molecule has 0 heterocycles. The topological polar surface area (TPSA) is 47.6 Å². The summed E-state index contributed by atoms with van der Waals surface area (Å²) in [6.07, 6.45) is 1.14. The van der Waals surface area contributed by atoms with Gasteiger partial charge in [0.2, 0.25) is 5.91 Å². The van der Waals surface area contributed by atoms with Gasteiger partial charge >= 0.3 is 0 Å². The van der Waals surface area contributed by atoms with Crippen LogP contribution in [0.5, 0.6) is 11.5 Å². The number of carbonyl (C=O) groups is 1. The summed E-state index contributed by atoms with van der Waals surface area (Å²) in [4.78, 5) is 12.0. The molecule has 0 unspecified atom stereocenters. The Labute approximate surface area is 124 Å². The summed E-state index contributed by atoms with van der Waals surface area (Å²) in [5.41, 5.74) is 1.80. The van der Waals surface area contributed by atoms with Gasteiger partial charge in [-0.1, -0.05) is 30.3 Å². The number of anilines is 1. The van der Waals surface area contributed by atoms with Crippen molar-refractivity contribution in [2.45, 2.75) is 12.8 Å². The molecule has 4 nitrogen and oxygen atoms in total. The lowest BCUT2D eigenvalue weighted by Gasteiger charge is -2.11. The molecule has 0 aliphatic heterocycles. The maximum absolute atomic E-state index is 12.0. The molecule has 0 fully saturated rings. The molecule has 1 N–H and O–H groups in total. The van der Waals surface area contributed by atoms with E-state index in [2.05, 4.69) is 5.32 Å². The van der Waals surface area contributed by atoms with Crippen molar-refractivity contribution in [3.63, 3.8) is 0 Å². The van der Waals surface area contributed by atoms with E-state index in [1.807, 2.05) is 30.3 Å². The van der Waals surface area contributed by atoms with E-state index in [0.717, 1.165) is 5.56 Å². The van der Waals surface area contributed by atoms with Crippen LogP contribution >= 0.6 is 0 Å². The van der Waals surface area contributed by atoms with Crippen LogP contribution in [0, 0.1) is 0 Å². The Morgan fingerprint density at radius 3 is 2.48 bits per heavy atom. The minimum Gasteiger partial charge on any atom is -0.497 e. The van der Waals surface area contributed by atoms with Crippen molar-refractivity contribution in [3.8, 4) is 11.5 Å². The van der Waals surface area contributed by atoms with Crippen LogP contribution in [0.3, 0.4) is 0 Å². The Hall–Kier alpha value is -2.49. The van der Waals surface area contributed by atoms with Gasteiger partial charge in [0.1, 0.15) is 11.5 Å². The number of hydrogen-bond donors (Lipinski definition) is 1. The molecule has 2 rings (SSSR count). The highest BCUT2D eigenvalue weighted by atomic mass is 16.5.